The minimum Gasteiger partial charge on any atom is -0.464 e. The van der Waals surface area contributed by atoms with Gasteiger partial charge in [0.05, 0.1) is 24.7 Å². The number of hydrogen-bond donors (Lipinski definition) is 2. The average molecular weight is 529 g/mol. The summed E-state index contributed by atoms with van der Waals surface area (Å²) in [7, 11) is 1.32. The van der Waals surface area contributed by atoms with Crippen molar-refractivity contribution in [3.8, 4) is 11.5 Å². The molecule has 2 aromatic heterocycles. The minimum atomic E-state index is -0.568. The second kappa shape index (κ2) is 10.7. The highest BCUT2D eigenvalue weighted by molar-refractivity contribution is 6.12. The van der Waals surface area contributed by atoms with E-state index >= 15 is 0 Å². The van der Waals surface area contributed by atoms with Gasteiger partial charge in [0.2, 0.25) is 6.79 Å². The number of ether oxygens (including phenoxy) is 4. The maximum Gasteiger partial charge on any atom is 0.356 e. The predicted molar refractivity (Wildman–Crippen MR) is 144 cm³/mol. The van der Waals surface area contributed by atoms with Crippen LogP contribution in [0.4, 0.5) is 11.4 Å². The molecule has 0 aliphatic carbocycles. The lowest BCUT2D eigenvalue weighted by Crippen LogP contribution is -2.28. The highest BCUT2D eigenvalue weighted by Crippen LogP contribution is 2.35. The molecule has 2 aromatic carbocycles. The van der Waals surface area contributed by atoms with Gasteiger partial charge in [-0.15, -0.1) is 0 Å². The van der Waals surface area contributed by atoms with Crippen molar-refractivity contribution in [3.63, 3.8) is 0 Å². The van der Waals surface area contributed by atoms with E-state index in [0.29, 0.717) is 48.6 Å². The molecule has 1 fully saturated rings. The molecular weight excluding hydrogens is 500 g/mol. The zero-order valence-electron chi connectivity index (χ0n) is 21.4. The van der Waals surface area contributed by atoms with Crippen molar-refractivity contribution in [1.82, 2.24) is 9.55 Å². The Labute approximate surface area is 224 Å². The van der Waals surface area contributed by atoms with Crippen molar-refractivity contribution < 1.29 is 28.5 Å². The van der Waals surface area contributed by atoms with E-state index in [1.54, 1.807) is 10.8 Å². The molecule has 1 atom stereocenters. The third-order valence-electron chi connectivity index (χ3n) is 6.86. The summed E-state index contributed by atoms with van der Waals surface area (Å²) in [5.74, 6) is 0.572. The van der Waals surface area contributed by atoms with Gasteiger partial charge in [-0.25, -0.2) is 9.78 Å². The van der Waals surface area contributed by atoms with Crippen LogP contribution < -0.4 is 20.1 Å². The molecule has 10 heteroatoms. The topological polar surface area (TPSA) is 113 Å². The Bertz CT molecular complexity index is 1530. The molecule has 0 saturated carbocycles. The number of benzene rings is 2. The first-order chi connectivity index (χ1) is 19.1. The van der Waals surface area contributed by atoms with E-state index in [-0.39, 0.29) is 18.4 Å². The highest BCUT2D eigenvalue weighted by Gasteiger charge is 2.30. The molecule has 1 amide bonds. The van der Waals surface area contributed by atoms with Crippen molar-refractivity contribution in [3.05, 3.63) is 77.6 Å². The largest absolute Gasteiger partial charge is 0.464 e. The Hall–Kier alpha value is -4.57. The molecule has 0 unspecified atom stereocenters. The number of nitrogens with zero attached hydrogens (tertiary/aromatic N) is 2. The molecule has 2 N–H and O–H groups in total. The van der Waals surface area contributed by atoms with Crippen molar-refractivity contribution >= 4 is 34.3 Å². The lowest BCUT2D eigenvalue weighted by atomic mass is 10.2. The van der Waals surface area contributed by atoms with Crippen LogP contribution in [0.2, 0.25) is 0 Å². The number of rotatable bonds is 8. The van der Waals surface area contributed by atoms with Crippen molar-refractivity contribution in [1.29, 1.82) is 0 Å². The first kappa shape index (κ1) is 24.7. The monoisotopic (exact) mass is 528 g/mol. The van der Waals surface area contributed by atoms with Gasteiger partial charge in [-0.2, -0.15) is 0 Å². The quantitative estimate of drug-likeness (QED) is 0.325. The third-order valence-corrected chi connectivity index (χ3v) is 6.86. The van der Waals surface area contributed by atoms with E-state index < -0.39 is 12.1 Å². The van der Waals surface area contributed by atoms with Gasteiger partial charge in [0, 0.05) is 25.1 Å². The molecule has 1 saturated heterocycles. The zero-order valence-corrected chi connectivity index (χ0v) is 21.4. The summed E-state index contributed by atoms with van der Waals surface area (Å²) < 4.78 is 23.4. The Morgan fingerprint density at radius 3 is 2.72 bits per heavy atom. The van der Waals surface area contributed by atoms with Crippen LogP contribution in [-0.4, -0.2) is 48.0 Å². The van der Waals surface area contributed by atoms with E-state index in [4.69, 9.17) is 23.9 Å². The smallest absolute Gasteiger partial charge is 0.356 e. The Morgan fingerprint density at radius 1 is 1.08 bits per heavy atom. The van der Waals surface area contributed by atoms with Gasteiger partial charge in [-0.1, -0.05) is 36.4 Å². The number of carbonyl (C=O) groups excluding carboxylic acids is 2. The van der Waals surface area contributed by atoms with E-state index in [2.05, 4.69) is 10.6 Å². The van der Waals surface area contributed by atoms with E-state index in [0.717, 1.165) is 29.0 Å². The van der Waals surface area contributed by atoms with Crippen LogP contribution in [-0.2, 0) is 27.4 Å². The molecule has 6 rings (SSSR count). The maximum atomic E-state index is 13.1. The molecule has 0 radical (unpaired) electrons. The molecule has 39 heavy (non-hydrogen) atoms. The third kappa shape index (κ3) is 4.98. The highest BCUT2D eigenvalue weighted by atomic mass is 16.7. The molecule has 4 aromatic rings. The number of amides is 1. The summed E-state index contributed by atoms with van der Waals surface area (Å²) in [6.45, 7) is 1.63. The normalized spacial score (nSPS) is 15.9. The standard InChI is InChI=1S/C29H28N4O6/c1-36-29(35)26-25(32-28(34)23-8-5-11-37-23)21-13-20(30-14-19-9-10-22-24(12-19)39-17-38-22)15-31-27(21)33(26)16-18-6-3-2-4-7-18/h2-4,6-7,9-10,12-13,15,23,30H,5,8,11,14,16-17H2,1H3,(H,32,34)/t23-/m1/s1. The van der Waals surface area contributed by atoms with Gasteiger partial charge >= 0.3 is 5.97 Å². The first-order valence-electron chi connectivity index (χ1n) is 12.8. The van der Waals surface area contributed by atoms with Crippen LogP contribution in [0.5, 0.6) is 11.5 Å². The Kier molecular flexibility index (Phi) is 6.76. The number of aromatic nitrogens is 2. The molecule has 4 heterocycles. The number of pyridine rings is 1. The fourth-order valence-corrected chi connectivity index (χ4v) is 4.92. The number of anilines is 2. The van der Waals surface area contributed by atoms with Gasteiger partial charge in [0.1, 0.15) is 11.8 Å². The average Bonchev–Trinajstić information content (AvgIpc) is 3.72. The van der Waals surface area contributed by atoms with E-state index in [1.165, 1.54) is 7.11 Å². The summed E-state index contributed by atoms with van der Waals surface area (Å²) >= 11 is 0. The number of esters is 1. The number of fused-ring (bicyclic) bond motifs is 2. The van der Waals surface area contributed by atoms with Crippen molar-refractivity contribution in [2.75, 3.05) is 31.1 Å². The maximum absolute atomic E-state index is 13.1. The van der Waals surface area contributed by atoms with Crippen molar-refractivity contribution in [2.45, 2.75) is 32.0 Å². The zero-order chi connectivity index (χ0) is 26.8. The Balaban J connectivity index is 1.38. The number of hydrogen-bond acceptors (Lipinski definition) is 8. The molecule has 0 bridgehead atoms. The molecule has 2 aliphatic heterocycles. The van der Waals surface area contributed by atoms with Crippen LogP contribution in [0, 0.1) is 0 Å². The molecular formula is C29H28N4O6. The molecule has 10 nitrogen and oxygen atoms in total. The number of nitrogens with one attached hydrogen (secondary N) is 2. The van der Waals surface area contributed by atoms with Gasteiger partial charge in [0.15, 0.2) is 17.2 Å². The second-order valence-electron chi connectivity index (χ2n) is 9.41. The lowest BCUT2D eigenvalue weighted by molar-refractivity contribution is -0.124. The fraction of sp³-hybridized carbons (Fsp3) is 0.276. The number of methoxy groups -OCH3 is 1. The summed E-state index contributed by atoms with van der Waals surface area (Å²) in [6, 6.07) is 17.4. The van der Waals surface area contributed by atoms with Crippen LogP contribution in [0.1, 0.15) is 34.5 Å². The van der Waals surface area contributed by atoms with Crippen LogP contribution >= 0.6 is 0 Å². The first-order valence-corrected chi connectivity index (χ1v) is 12.8. The summed E-state index contributed by atoms with van der Waals surface area (Å²) in [5.41, 5.74) is 3.83. The fourth-order valence-electron chi connectivity index (χ4n) is 4.92. The second-order valence-corrected chi connectivity index (χ2v) is 9.41. The number of carbonyl (C=O) groups is 2. The molecule has 0 spiro atoms. The van der Waals surface area contributed by atoms with Gasteiger partial charge in [-0.05, 0) is 42.2 Å². The Morgan fingerprint density at radius 2 is 1.92 bits per heavy atom. The van der Waals surface area contributed by atoms with Gasteiger partial charge in [0.25, 0.3) is 5.91 Å². The van der Waals surface area contributed by atoms with Crippen molar-refractivity contribution in [2.24, 2.45) is 0 Å². The summed E-state index contributed by atoms with van der Waals surface area (Å²) in [4.78, 5) is 31.0. The van der Waals surface area contributed by atoms with Gasteiger partial charge < -0.3 is 34.1 Å². The van der Waals surface area contributed by atoms with E-state index in [9.17, 15) is 9.59 Å². The van der Waals surface area contributed by atoms with Crippen LogP contribution in [0.15, 0.2) is 60.8 Å². The molecule has 2 aliphatic rings. The SMILES string of the molecule is COC(=O)c1c(NC(=O)[C@H]2CCCO2)c2cc(NCc3ccc4c(c3)OCO4)cnc2n1Cc1ccccc1. The summed E-state index contributed by atoms with van der Waals surface area (Å²) in [6.07, 6.45) is 2.59. The minimum absolute atomic E-state index is 0.218. The van der Waals surface area contributed by atoms with Crippen LogP contribution in [0.3, 0.4) is 0 Å². The predicted octanol–water partition coefficient (Wildman–Crippen LogP) is 4.33. The molecule has 200 valence electrons. The van der Waals surface area contributed by atoms with E-state index in [1.807, 2.05) is 54.6 Å². The lowest BCUT2D eigenvalue weighted by Gasteiger charge is -2.13. The van der Waals surface area contributed by atoms with Crippen LogP contribution in [0.25, 0.3) is 11.0 Å². The summed E-state index contributed by atoms with van der Waals surface area (Å²) in [5, 5.41) is 6.96. The van der Waals surface area contributed by atoms with Gasteiger partial charge in [-0.3, -0.25) is 4.79 Å².